The van der Waals surface area contributed by atoms with Gasteiger partial charge in [-0.3, -0.25) is 10.1 Å². The van der Waals surface area contributed by atoms with Crippen LogP contribution < -0.4 is 5.73 Å². The third-order valence-electron chi connectivity index (χ3n) is 2.38. The molecule has 0 spiro atoms. The van der Waals surface area contributed by atoms with Crippen molar-refractivity contribution in [3.05, 3.63) is 52.1 Å². The van der Waals surface area contributed by atoms with Gasteiger partial charge in [-0.1, -0.05) is 30.0 Å². The molecule has 0 unspecified atom stereocenters. The quantitative estimate of drug-likeness (QED) is 0.678. The Morgan fingerprint density at radius 2 is 2.00 bits per heavy atom. The highest BCUT2D eigenvalue weighted by molar-refractivity contribution is 7.99. The Morgan fingerprint density at radius 1 is 1.28 bits per heavy atom. The van der Waals surface area contributed by atoms with Crippen molar-refractivity contribution in [3.63, 3.8) is 0 Å². The number of nitrogen functional groups attached to an aromatic ring is 1. The zero-order valence-corrected chi connectivity index (χ0v) is 10.5. The Morgan fingerprint density at radius 3 is 2.61 bits per heavy atom. The normalized spacial score (nSPS) is 10.3. The minimum Gasteiger partial charge on any atom is -0.378 e. The average molecular weight is 261 g/mol. The molecule has 0 saturated heterocycles. The van der Waals surface area contributed by atoms with E-state index in [4.69, 9.17) is 5.73 Å². The molecule has 1 aromatic carbocycles. The number of aryl methyl sites for hydroxylation is 1. The van der Waals surface area contributed by atoms with Crippen molar-refractivity contribution >= 4 is 23.3 Å². The van der Waals surface area contributed by atoms with Gasteiger partial charge in [0.15, 0.2) is 0 Å². The molecule has 0 bridgehead atoms. The highest BCUT2D eigenvalue weighted by Gasteiger charge is 2.13. The molecule has 2 aromatic rings. The van der Waals surface area contributed by atoms with Crippen molar-refractivity contribution < 1.29 is 4.92 Å². The highest BCUT2D eigenvalue weighted by Crippen LogP contribution is 2.31. The van der Waals surface area contributed by atoms with Crippen molar-refractivity contribution in [2.45, 2.75) is 16.8 Å². The van der Waals surface area contributed by atoms with Gasteiger partial charge in [0.25, 0.3) is 0 Å². The first-order valence-corrected chi connectivity index (χ1v) is 6.04. The van der Waals surface area contributed by atoms with E-state index in [1.807, 2.05) is 31.2 Å². The number of nitrogens with two attached hydrogens (primary N) is 1. The van der Waals surface area contributed by atoms with Gasteiger partial charge >= 0.3 is 5.69 Å². The Kier molecular flexibility index (Phi) is 3.47. The second-order valence-electron chi connectivity index (χ2n) is 3.68. The molecule has 1 heterocycles. The first kappa shape index (κ1) is 12.4. The van der Waals surface area contributed by atoms with E-state index in [2.05, 4.69) is 4.98 Å². The molecule has 2 N–H and O–H groups in total. The van der Waals surface area contributed by atoms with Crippen LogP contribution in [0.3, 0.4) is 0 Å². The zero-order chi connectivity index (χ0) is 13.1. The zero-order valence-electron chi connectivity index (χ0n) is 9.66. The van der Waals surface area contributed by atoms with Crippen LogP contribution in [-0.4, -0.2) is 9.91 Å². The molecule has 0 radical (unpaired) electrons. The van der Waals surface area contributed by atoms with Crippen LogP contribution in [0, 0.1) is 17.0 Å². The number of hydrogen-bond acceptors (Lipinski definition) is 5. The number of anilines is 1. The fraction of sp³-hybridized carbons (Fsp3) is 0.0833. The topological polar surface area (TPSA) is 82.0 Å². The molecule has 0 amide bonds. The lowest BCUT2D eigenvalue weighted by molar-refractivity contribution is -0.384. The van der Waals surface area contributed by atoms with Crippen LogP contribution in [0.1, 0.15) is 5.56 Å². The maximum Gasteiger partial charge on any atom is 0.311 e. The van der Waals surface area contributed by atoms with E-state index in [-0.39, 0.29) is 11.5 Å². The molecule has 0 aliphatic carbocycles. The van der Waals surface area contributed by atoms with Crippen LogP contribution in [0.25, 0.3) is 0 Å². The van der Waals surface area contributed by atoms with E-state index in [0.29, 0.717) is 5.03 Å². The van der Waals surface area contributed by atoms with E-state index in [0.717, 1.165) is 10.5 Å². The van der Waals surface area contributed by atoms with Gasteiger partial charge in [0, 0.05) is 11.0 Å². The number of pyridine rings is 1. The molecule has 1 aromatic heterocycles. The predicted molar refractivity (Wildman–Crippen MR) is 70.6 cm³/mol. The van der Waals surface area contributed by atoms with Crippen LogP contribution in [0.5, 0.6) is 0 Å². The minimum absolute atomic E-state index is 0.0569. The number of benzene rings is 1. The second kappa shape index (κ2) is 5.05. The fourth-order valence-corrected chi connectivity index (χ4v) is 2.32. The standard InChI is InChI=1S/C12H11N3O2S/c1-8-4-2-3-5-10(8)18-11-7-6-9(15(16)17)12(13)14-11/h2-7H,1H3,(H2,13,14). The molecular formula is C12H11N3O2S. The van der Waals surface area contributed by atoms with Gasteiger partial charge in [-0.15, -0.1) is 0 Å². The molecule has 6 heteroatoms. The third-order valence-corrected chi connectivity index (χ3v) is 3.50. The van der Waals surface area contributed by atoms with Crippen LogP contribution in [-0.2, 0) is 0 Å². The van der Waals surface area contributed by atoms with Crippen molar-refractivity contribution in [2.24, 2.45) is 0 Å². The molecule has 92 valence electrons. The lowest BCUT2D eigenvalue weighted by atomic mass is 10.2. The molecule has 0 aliphatic heterocycles. The molecule has 0 atom stereocenters. The summed E-state index contributed by atoms with van der Waals surface area (Å²) in [4.78, 5) is 15.2. The average Bonchev–Trinajstić information content (AvgIpc) is 2.32. The van der Waals surface area contributed by atoms with Crippen molar-refractivity contribution in [3.8, 4) is 0 Å². The third kappa shape index (κ3) is 2.60. The van der Waals surface area contributed by atoms with E-state index >= 15 is 0 Å². The van der Waals surface area contributed by atoms with Crippen LogP contribution >= 0.6 is 11.8 Å². The minimum atomic E-state index is -0.537. The molecule has 5 nitrogen and oxygen atoms in total. The van der Waals surface area contributed by atoms with E-state index in [1.165, 1.54) is 17.8 Å². The van der Waals surface area contributed by atoms with E-state index in [1.54, 1.807) is 6.07 Å². The summed E-state index contributed by atoms with van der Waals surface area (Å²) in [5.74, 6) is -0.0569. The Bertz CT molecular complexity index is 602. The van der Waals surface area contributed by atoms with Crippen LogP contribution in [0.2, 0.25) is 0 Å². The molecular weight excluding hydrogens is 250 g/mol. The van der Waals surface area contributed by atoms with Gasteiger partial charge in [0.05, 0.1) is 4.92 Å². The lowest BCUT2D eigenvalue weighted by Gasteiger charge is -2.05. The van der Waals surface area contributed by atoms with Crippen LogP contribution in [0.4, 0.5) is 11.5 Å². The first-order chi connectivity index (χ1) is 8.58. The summed E-state index contributed by atoms with van der Waals surface area (Å²) >= 11 is 1.44. The van der Waals surface area contributed by atoms with Crippen LogP contribution in [0.15, 0.2) is 46.3 Å². The van der Waals surface area contributed by atoms with E-state index < -0.39 is 4.92 Å². The SMILES string of the molecule is Cc1ccccc1Sc1ccc([N+](=O)[O-])c(N)n1. The monoisotopic (exact) mass is 261 g/mol. The highest BCUT2D eigenvalue weighted by atomic mass is 32.2. The van der Waals surface area contributed by atoms with Gasteiger partial charge in [-0.05, 0) is 24.6 Å². The Labute approximate surface area is 108 Å². The van der Waals surface area contributed by atoms with Gasteiger partial charge in [-0.25, -0.2) is 4.98 Å². The number of nitro groups is 1. The number of rotatable bonds is 3. The maximum absolute atomic E-state index is 10.6. The van der Waals surface area contributed by atoms with Gasteiger partial charge in [0.2, 0.25) is 5.82 Å². The van der Waals surface area contributed by atoms with Crippen molar-refractivity contribution in [1.29, 1.82) is 0 Å². The largest absolute Gasteiger partial charge is 0.378 e. The van der Waals surface area contributed by atoms with E-state index in [9.17, 15) is 10.1 Å². The fourth-order valence-electron chi connectivity index (χ4n) is 1.44. The summed E-state index contributed by atoms with van der Waals surface area (Å²) in [6, 6.07) is 10.8. The second-order valence-corrected chi connectivity index (χ2v) is 4.74. The van der Waals surface area contributed by atoms with Crippen molar-refractivity contribution in [2.75, 3.05) is 5.73 Å². The van der Waals surface area contributed by atoms with Crippen molar-refractivity contribution in [1.82, 2.24) is 4.98 Å². The van der Waals surface area contributed by atoms with Gasteiger partial charge in [0.1, 0.15) is 5.03 Å². The number of hydrogen-bond donors (Lipinski definition) is 1. The molecule has 0 aliphatic rings. The first-order valence-electron chi connectivity index (χ1n) is 5.22. The summed E-state index contributed by atoms with van der Waals surface area (Å²) in [6.07, 6.45) is 0. The Hall–Kier alpha value is -2.08. The van der Waals surface area contributed by atoms with Gasteiger partial charge in [-0.2, -0.15) is 0 Å². The summed E-state index contributed by atoms with van der Waals surface area (Å²) < 4.78 is 0. The van der Waals surface area contributed by atoms with Gasteiger partial charge < -0.3 is 5.73 Å². The number of aromatic nitrogens is 1. The summed E-state index contributed by atoms with van der Waals surface area (Å²) in [7, 11) is 0. The molecule has 0 fully saturated rings. The number of nitrogens with zero attached hydrogens (tertiary/aromatic N) is 2. The Balaban J connectivity index is 2.29. The molecule has 0 saturated carbocycles. The smallest absolute Gasteiger partial charge is 0.311 e. The lowest BCUT2D eigenvalue weighted by Crippen LogP contribution is -1.98. The summed E-state index contributed by atoms with van der Waals surface area (Å²) in [5, 5.41) is 11.3. The predicted octanol–water partition coefficient (Wildman–Crippen LogP) is 3.03. The molecule has 18 heavy (non-hydrogen) atoms. The molecule has 2 rings (SSSR count). The maximum atomic E-state index is 10.6. The summed E-state index contributed by atoms with van der Waals surface area (Å²) in [6.45, 7) is 2.00. The summed E-state index contributed by atoms with van der Waals surface area (Å²) in [5.41, 5.74) is 6.51.